The molecule has 1 aromatic carbocycles. The maximum absolute atomic E-state index is 12.6. The molecule has 1 heterocycles. The lowest BCUT2D eigenvalue weighted by atomic mass is 9.78. The van der Waals surface area contributed by atoms with Gasteiger partial charge in [0.05, 0.1) is 16.9 Å². The monoisotopic (exact) mass is 389 g/mol. The maximum Gasteiger partial charge on any atom is 0.244 e. The first-order chi connectivity index (χ1) is 11.2. The number of primary sulfonamides is 1. The van der Waals surface area contributed by atoms with Crippen molar-refractivity contribution < 1.29 is 16.8 Å². The predicted octanol–water partition coefficient (Wildman–Crippen LogP) is 0.919. The Kier molecular flexibility index (Phi) is 2.85. The smallest absolute Gasteiger partial charge is 0.244 e. The van der Waals surface area contributed by atoms with E-state index in [9.17, 15) is 16.8 Å². The van der Waals surface area contributed by atoms with Gasteiger partial charge >= 0.3 is 0 Å². The fourth-order valence-electron chi connectivity index (χ4n) is 5.15. The Balaban J connectivity index is 1.55. The molecule has 5 rings (SSSR count). The molecule has 3 saturated carbocycles. The molecule has 0 spiro atoms. The third kappa shape index (κ3) is 1.96. The van der Waals surface area contributed by atoms with Gasteiger partial charge in [-0.1, -0.05) is 11.6 Å². The summed E-state index contributed by atoms with van der Waals surface area (Å²) in [5, 5.41) is 8.22. The van der Waals surface area contributed by atoms with Gasteiger partial charge in [-0.3, -0.25) is 0 Å². The summed E-state index contributed by atoms with van der Waals surface area (Å²) in [4.78, 5) is -0.527. The summed E-state index contributed by atoms with van der Waals surface area (Å²) in [7, 11) is -7.93. The van der Waals surface area contributed by atoms with E-state index in [1.807, 2.05) is 0 Å². The first-order valence-electron chi connectivity index (χ1n) is 7.82. The first kappa shape index (κ1) is 15.4. The van der Waals surface area contributed by atoms with Gasteiger partial charge in [-0.25, -0.2) is 22.0 Å². The van der Waals surface area contributed by atoms with Crippen molar-refractivity contribution >= 4 is 37.3 Å². The molecule has 0 unspecified atom stereocenters. The van der Waals surface area contributed by atoms with Gasteiger partial charge in [0, 0.05) is 0 Å². The Morgan fingerprint density at radius 1 is 1.17 bits per heavy atom. The van der Waals surface area contributed by atoms with Gasteiger partial charge in [0.25, 0.3) is 0 Å². The minimum absolute atomic E-state index is 0.0850. The summed E-state index contributed by atoms with van der Waals surface area (Å²) < 4.78 is 51.0. The van der Waals surface area contributed by atoms with E-state index in [0.29, 0.717) is 11.6 Å². The molecule has 1 aliphatic heterocycles. The summed E-state index contributed by atoms with van der Waals surface area (Å²) in [6, 6.07) is 2.35. The normalized spacial score (nSPS) is 40.9. The number of hydrogen-bond donors (Lipinski definition) is 3. The molecule has 6 atom stereocenters. The van der Waals surface area contributed by atoms with Crippen molar-refractivity contribution in [1.82, 2.24) is 4.72 Å². The second-order valence-corrected chi connectivity index (χ2v) is 10.9. The van der Waals surface area contributed by atoms with E-state index in [-0.39, 0.29) is 22.0 Å². The highest BCUT2D eigenvalue weighted by atomic mass is 35.5. The molecule has 0 amide bonds. The zero-order valence-corrected chi connectivity index (χ0v) is 14.8. The van der Waals surface area contributed by atoms with Crippen LogP contribution in [0.1, 0.15) is 12.8 Å². The lowest BCUT2D eigenvalue weighted by Crippen LogP contribution is -2.50. The molecule has 0 aromatic heterocycles. The number of rotatable bonds is 2. The van der Waals surface area contributed by atoms with Crippen molar-refractivity contribution in [1.29, 1.82) is 0 Å². The zero-order valence-electron chi connectivity index (χ0n) is 12.4. The minimum Gasteiger partial charge on any atom is -0.368 e. The van der Waals surface area contributed by atoms with Gasteiger partial charge in [0.1, 0.15) is 9.79 Å². The summed E-state index contributed by atoms with van der Waals surface area (Å²) in [5.41, 5.74) is 0.328. The molecule has 3 fully saturated rings. The highest BCUT2D eigenvalue weighted by molar-refractivity contribution is 7.90. The Labute approximate surface area is 145 Å². The highest BCUT2D eigenvalue weighted by Gasteiger charge is 2.71. The molecule has 7 nitrogen and oxygen atoms in total. The van der Waals surface area contributed by atoms with E-state index in [4.69, 9.17) is 16.7 Å². The van der Waals surface area contributed by atoms with Crippen molar-refractivity contribution in [3.05, 3.63) is 17.2 Å². The number of nitrogens with one attached hydrogen (secondary N) is 2. The second kappa shape index (κ2) is 4.45. The minimum atomic E-state index is -4.10. The molecular formula is C14H16ClN3O4S2. The SMILES string of the molecule is NS(=O)(=O)c1cc2c(cc1Cl)N[C@H]([C@H]1C[C@H]3C[C@H]4[C@@H]1[C@@H]34)NS2(=O)=O. The van der Waals surface area contributed by atoms with E-state index in [0.717, 1.165) is 30.2 Å². The van der Waals surface area contributed by atoms with Gasteiger partial charge in [-0.05, 0) is 54.6 Å². The second-order valence-electron chi connectivity index (χ2n) is 7.28. The third-order valence-electron chi connectivity index (χ3n) is 6.13. The third-order valence-corrected chi connectivity index (χ3v) is 8.99. The van der Waals surface area contributed by atoms with Crippen LogP contribution in [-0.4, -0.2) is 23.0 Å². The molecule has 1 aromatic rings. The Bertz CT molecular complexity index is 978. The fourth-order valence-corrected chi connectivity index (χ4v) is 7.70. The number of anilines is 1. The van der Waals surface area contributed by atoms with Gasteiger partial charge in [-0.15, -0.1) is 0 Å². The quantitative estimate of drug-likeness (QED) is 0.695. The van der Waals surface area contributed by atoms with Crippen molar-refractivity contribution in [3.63, 3.8) is 0 Å². The molecule has 0 saturated heterocycles. The number of benzene rings is 1. The van der Waals surface area contributed by atoms with E-state index in [1.54, 1.807) is 0 Å². The van der Waals surface area contributed by atoms with E-state index < -0.39 is 24.9 Å². The van der Waals surface area contributed by atoms with Crippen LogP contribution in [0.5, 0.6) is 0 Å². The van der Waals surface area contributed by atoms with Crippen LogP contribution < -0.4 is 15.2 Å². The number of sulfonamides is 2. The van der Waals surface area contributed by atoms with Crippen LogP contribution in [-0.2, 0) is 20.0 Å². The average Bonchev–Trinajstić information content (AvgIpc) is 2.90. The van der Waals surface area contributed by atoms with Crippen LogP contribution in [0.3, 0.4) is 0 Å². The molecule has 130 valence electrons. The number of halogens is 1. The van der Waals surface area contributed by atoms with Crippen LogP contribution in [0, 0.1) is 29.6 Å². The van der Waals surface area contributed by atoms with Crippen molar-refractivity contribution in [2.24, 2.45) is 34.7 Å². The highest BCUT2D eigenvalue weighted by Crippen LogP contribution is 2.75. The molecule has 4 N–H and O–H groups in total. The maximum atomic E-state index is 12.6. The molecule has 0 radical (unpaired) electrons. The summed E-state index contributed by atoms with van der Waals surface area (Å²) in [6.45, 7) is 0. The van der Waals surface area contributed by atoms with E-state index >= 15 is 0 Å². The predicted molar refractivity (Wildman–Crippen MR) is 87.2 cm³/mol. The van der Waals surface area contributed by atoms with Crippen molar-refractivity contribution in [2.45, 2.75) is 28.8 Å². The Morgan fingerprint density at radius 2 is 1.88 bits per heavy atom. The molecule has 24 heavy (non-hydrogen) atoms. The van der Waals surface area contributed by atoms with Crippen molar-refractivity contribution in [3.8, 4) is 0 Å². The van der Waals surface area contributed by atoms with Gasteiger partial charge < -0.3 is 5.32 Å². The molecule has 10 heteroatoms. The standard InChI is InChI=1S/C14H16ClN3O4S2/c15-8-3-9-11(4-10(8)23(16,19)20)24(21,22)18-14(17-9)7-2-5-1-6-12(5)13(6)7/h3-7,12-14,17-18H,1-2H2,(H2,16,19,20)/t5-,6-,7+,12+,13+,14+/m1/s1. The number of hydrogen-bond acceptors (Lipinski definition) is 5. The largest absolute Gasteiger partial charge is 0.368 e. The Hall–Kier alpha value is -0.870. The molecule has 3 aliphatic carbocycles. The summed E-state index contributed by atoms with van der Waals surface area (Å²) >= 11 is 6.00. The van der Waals surface area contributed by atoms with E-state index in [2.05, 4.69) is 10.0 Å². The van der Waals surface area contributed by atoms with Crippen LogP contribution in [0.15, 0.2) is 21.9 Å². The summed E-state index contributed by atoms with van der Waals surface area (Å²) in [5.74, 6) is 3.19. The fraction of sp³-hybridized carbons (Fsp3) is 0.571. The molecule has 0 bridgehead atoms. The van der Waals surface area contributed by atoms with Crippen LogP contribution in [0.2, 0.25) is 5.02 Å². The van der Waals surface area contributed by atoms with Gasteiger partial charge in [0.2, 0.25) is 20.0 Å². The first-order valence-corrected chi connectivity index (χ1v) is 11.2. The van der Waals surface area contributed by atoms with E-state index in [1.165, 1.54) is 12.5 Å². The van der Waals surface area contributed by atoms with Crippen LogP contribution in [0.4, 0.5) is 5.69 Å². The topological polar surface area (TPSA) is 118 Å². The molecular weight excluding hydrogens is 374 g/mol. The van der Waals surface area contributed by atoms with Crippen molar-refractivity contribution in [2.75, 3.05) is 5.32 Å². The van der Waals surface area contributed by atoms with Crippen LogP contribution >= 0.6 is 11.6 Å². The van der Waals surface area contributed by atoms with Gasteiger partial charge in [-0.2, -0.15) is 4.72 Å². The average molecular weight is 390 g/mol. The lowest BCUT2D eigenvalue weighted by molar-refractivity contribution is 0.214. The number of fused-ring (bicyclic) bond motifs is 2. The zero-order chi connectivity index (χ0) is 17.0. The van der Waals surface area contributed by atoms with Gasteiger partial charge in [0.15, 0.2) is 0 Å². The summed E-state index contributed by atoms with van der Waals surface area (Å²) in [6.07, 6.45) is 1.94. The van der Waals surface area contributed by atoms with Crippen LogP contribution in [0.25, 0.3) is 0 Å². The molecule has 4 aliphatic rings. The Morgan fingerprint density at radius 3 is 2.46 bits per heavy atom. The number of nitrogens with two attached hydrogens (primary N) is 1. The lowest BCUT2D eigenvalue weighted by Gasteiger charge is -2.36.